The topological polar surface area (TPSA) is 84.9 Å². The molecule has 0 aliphatic rings. The van der Waals surface area contributed by atoms with E-state index in [4.69, 9.17) is 14.6 Å². The minimum absolute atomic E-state index is 0.0716. The van der Waals surface area contributed by atoms with Crippen LogP contribution in [-0.4, -0.2) is 30.3 Å². The van der Waals surface area contributed by atoms with Gasteiger partial charge in [-0.3, -0.25) is 4.79 Å². The molecule has 1 aromatic carbocycles. The number of hydrogen-bond acceptors (Lipinski definition) is 4. The van der Waals surface area contributed by atoms with E-state index in [0.717, 1.165) is 5.56 Å². The molecular formula is C12H15NO5. The highest BCUT2D eigenvalue weighted by molar-refractivity contribution is 5.79. The maximum Gasteiger partial charge on any atom is 0.408 e. The number of methoxy groups -OCH3 is 1. The van der Waals surface area contributed by atoms with Crippen LogP contribution in [0.3, 0.4) is 0 Å². The van der Waals surface area contributed by atoms with E-state index in [2.05, 4.69) is 5.32 Å². The predicted molar refractivity (Wildman–Crippen MR) is 63.4 cm³/mol. The molecule has 0 bridgehead atoms. The first-order valence-electron chi connectivity index (χ1n) is 5.32. The quantitative estimate of drug-likeness (QED) is 0.828. The van der Waals surface area contributed by atoms with E-state index in [-0.39, 0.29) is 6.61 Å². The maximum absolute atomic E-state index is 11.2. The van der Waals surface area contributed by atoms with Gasteiger partial charge in [-0.1, -0.05) is 12.1 Å². The fraction of sp³-hybridized carbons (Fsp3) is 0.333. The summed E-state index contributed by atoms with van der Waals surface area (Å²) in [6.45, 7) is 1.43. The Hall–Kier alpha value is -2.24. The Bertz CT molecular complexity index is 415. The lowest BCUT2D eigenvalue weighted by Crippen LogP contribution is -2.38. The van der Waals surface area contributed by atoms with Crippen LogP contribution < -0.4 is 10.1 Å². The van der Waals surface area contributed by atoms with Crippen LogP contribution in [0, 0.1) is 0 Å². The van der Waals surface area contributed by atoms with E-state index in [1.807, 2.05) is 0 Å². The third-order valence-electron chi connectivity index (χ3n) is 2.23. The first kappa shape index (κ1) is 13.8. The predicted octanol–water partition coefficient (Wildman–Crippen LogP) is 1.39. The molecule has 2 N–H and O–H groups in total. The van der Waals surface area contributed by atoms with Crippen molar-refractivity contribution < 1.29 is 24.2 Å². The number of rotatable bonds is 5. The molecule has 0 aliphatic heterocycles. The summed E-state index contributed by atoms with van der Waals surface area (Å²) >= 11 is 0. The molecule has 98 valence electrons. The third-order valence-corrected chi connectivity index (χ3v) is 2.23. The first-order valence-corrected chi connectivity index (χ1v) is 5.32. The minimum Gasteiger partial charge on any atom is -0.497 e. The van der Waals surface area contributed by atoms with Crippen LogP contribution in [0.15, 0.2) is 24.3 Å². The number of aliphatic carboxylic acids is 1. The largest absolute Gasteiger partial charge is 0.497 e. The monoisotopic (exact) mass is 253 g/mol. The van der Waals surface area contributed by atoms with Crippen LogP contribution >= 0.6 is 0 Å². The summed E-state index contributed by atoms with van der Waals surface area (Å²) in [6, 6.07) is 6.03. The Morgan fingerprint density at radius 2 is 1.94 bits per heavy atom. The van der Waals surface area contributed by atoms with Crippen LogP contribution in [0.25, 0.3) is 0 Å². The normalized spacial score (nSPS) is 11.4. The molecule has 1 aromatic rings. The van der Waals surface area contributed by atoms with Crippen LogP contribution in [0.4, 0.5) is 4.79 Å². The van der Waals surface area contributed by atoms with Gasteiger partial charge in [0.25, 0.3) is 0 Å². The van der Waals surface area contributed by atoms with Gasteiger partial charge in [-0.05, 0) is 24.6 Å². The number of amides is 1. The molecule has 1 atom stereocenters. The van der Waals surface area contributed by atoms with Crippen molar-refractivity contribution in [2.45, 2.75) is 19.6 Å². The van der Waals surface area contributed by atoms with Gasteiger partial charge in [0.2, 0.25) is 0 Å². The lowest BCUT2D eigenvalue weighted by Gasteiger charge is -2.10. The fourth-order valence-electron chi connectivity index (χ4n) is 1.15. The van der Waals surface area contributed by atoms with E-state index < -0.39 is 18.1 Å². The number of alkyl carbamates (subject to hydrolysis) is 1. The van der Waals surface area contributed by atoms with Gasteiger partial charge in [-0.25, -0.2) is 4.79 Å². The Morgan fingerprint density at radius 1 is 1.33 bits per heavy atom. The summed E-state index contributed by atoms with van der Waals surface area (Å²) in [5, 5.41) is 10.8. The highest BCUT2D eigenvalue weighted by Gasteiger charge is 2.14. The van der Waals surface area contributed by atoms with Crippen molar-refractivity contribution in [3.8, 4) is 5.75 Å². The Morgan fingerprint density at radius 3 is 2.44 bits per heavy atom. The molecule has 0 aromatic heterocycles. The molecule has 0 unspecified atom stereocenters. The van der Waals surface area contributed by atoms with Gasteiger partial charge in [0.05, 0.1) is 7.11 Å². The number of benzene rings is 1. The number of carboxylic acids is 1. The summed E-state index contributed by atoms with van der Waals surface area (Å²) in [5.41, 5.74) is 0.786. The molecule has 1 rings (SSSR count). The molecule has 0 saturated carbocycles. The SMILES string of the molecule is COc1ccc(COC(=O)N[C@@H](C)C(=O)O)cc1. The minimum atomic E-state index is -1.11. The number of carboxylic acid groups (broad SMARTS) is 1. The van der Waals surface area contributed by atoms with Crippen LogP contribution in [-0.2, 0) is 16.1 Å². The molecule has 0 saturated heterocycles. The van der Waals surface area contributed by atoms with Crippen molar-refractivity contribution in [1.29, 1.82) is 0 Å². The molecular weight excluding hydrogens is 238 g/mol. The molecule has 0 aliphatic carbocycles. The van der Waals surface area contributed by atoms with Crippen LogP contribution in [0.2, 0.25) is 0 Å². The molecule has 6 heteroatoms. The zero-order chi connectivity index (χ0) is 13.5. The Labute approximate surface area is 105 Å². The number of hydrogen-bond donors (Lipinski definition) is 2. The summed E-state index contributed by atoms with van der Waals surface area (Å²) in [7, 11) is 1.56. The van der Waals surface area contributed by atoms with Gasteiger partial charge >= 0.3 is 12.1 Å². The zero-order valence-corrected chi connectivity index (χ0v) is 10.2. The van der Waals surface area contributed by atoms with Crippen molar-refractivity contribution >= 4 is 12.1 Å². The molecule has 1 amide bonds. The van der Waals surface area contributed by atoms with Crippen molar-refractivity contribution in [2.75, 3.05) is 7.11 Å². The molecule has 0 fully saturated rings. The van der Waals surface area contributed by atoms with Crippen molar-refractivity contribution in [3.05, 3.63) is 29.8 Å². The van der Waals surface area contributed by atoms with E-state index >= 15 is 0 Å². The lowest BCUT2D eigenvalue weighted by molar-refractivity contribution is -0.138. The average Bonchev–Trinajstić information content (AvgIpc) is 2.36. The second kappa shape index (κ2) is 6.48. The Kier molecular flexibility index (Phi) is 4.98. The van der Waals surface area contributed by atoms with Gasteiger partial charge in [-0.15, -0.1) is 0 Å². The number of nitrogens with one attached hydrogen (secondary N) is 1. The Balaban J connectivity index is 2.40. The number of carbonyl (C=O) groups excluding carboxylic acids is 1. The second-order valence-corrected chi connectivity index (χ2v) is 3.63. The van der Waals surface area contributed by atoms with Crippen LogP contribution in [0.1, 0.15) is 12.5 Å². The molecule has 0 spiro atoms. The summed E-state index contributed by atoms with van der Waals surface area (Å²) < 4.78 is 9.86. The molecule has 0 heterocycles. The standard InChI is InChI=1S/C12H15NO5/c1-8(11(14)15)13-12(16)18-7-9-3-5-10(17-2)6-4-9/h3-6,8H,7H2,1-2H3,(H,13,16)(H,14,15)/t8-/m0/s1. The lowest BCUT2D eigenvalue weighted by atomic mass is 10.2. The number of carbonyl (C=O) groups is 2. The summed E-state index contributed by atoms with van der Waals surface area (Å²) in [5.74, 6) is -0.404. The fourth-order valence-corrected chi connectivity index (χ4v) is 1.15. The van der Waals surface area contributed by atoms with Gasteiger partial charge in [0.1, 0.15) is 18.4 Å². The van der Waals surface area contributed by atoms with Crippen molar-refractivity contribution in [3.63, 3.8) is 0 Å². The van der Waals surface area contributed by atoms with E-state index in [9.17, 15) is 9.59 Å². The zero-order valence-electron chi connectivity index (χ0n) is 10.2. The second-order valence-electron chi connectivity index (χ2n) is 3.63. The van der Waals surface area contributed by atoms with E-state index in [1.165, 1.54) is 6.92 Å². The van der Waals surface area contributed by atoms with Gasteiger partial charge in [0.15, 0.2) is 0 Å². The highest BCUT2D eigenvalue weighted by Crippen LogP contribution is 2.11. The third kappa shape index (κ3) is 4.32. The van der Waals surface area contributed by atoms with Gasteiger partial charge < -0.3 is 19.9 Å². The van der Waals surface area contributed by atoms with E-state index in [0.29, 0.717) is 5.75 Å². The molecule has 18 heavy (non-hydrogen) atoms. The maximum atomic E-state index is 11.2. The van der Waals surface area contributed by atoms with Crippen molar-refractivity contribution in [2.24, 2.45) is 0 Å². The van der Waals surface area contributed by atoms with Crippen molar-refractivity contribution in [1.82, 2.24) is 5.32 Å². The average molecular weight is 253 g/mol. The molecule has 6 nitrogen and oxygen atoms in total. The highest BCUT2D eigenvalue weighted by atomic mass is 16.5. The van der Waals surface area contributed by atoms with Crippen LogP contribution in [0.5, 0.6) is 5.75 Å². The summed E-state index contributed by atoms with van der Waals surface area (Å²) in [6.07, 6.45) is -0.763. The first-order chi connectivity index (χ1) is 8.52. The summed E-state index contributed by atoms with van der Waals surface area (Å²) in [4.78, 5) is 21.7. The van der Waals surface area contributed by atoms with Gasteiger partial charge in [-0.2, -0.15) is 0 Å². The smallest absolute Gasteiger partial charge is 0.408 e. The van der Waals surface area contributed by atoms with Gasteiger partial charge in [0, 0.05) is 0 Å². The van der Waals surface area contributed by atoms with E-state index in [1.54, 1.807) is 31.4 Å². The number of ether oxygens (including phenoxy) is 2. The molecule has 0 radical (unpaired) electrons.